The maximum Gasteiger partial charge on any atom is 0.318 e. The summed E-state index contributed by atoms with van der Waals surface area (Å²) in [7, 11) is -3.42. The second-order valence-electron chi connectivity index (χ2n) is 5.92. The predicted octanol–water partition coefficient (Wildman–Crippen LogP) is 3.69. The van der Waals surface area contributed by atoms with Crippen molar-refractivity contribution in [1.82, 2.24) is 4.72 Å². The van der Waals surface area contributed by atoms with E-state index in [0.29, 0.717) is 6.42 Å². The highest BCUT2D eigenvalue weighted by Crippen LogP contribution is 2.12. The Morgan fingerprint density at radius 1 is 0.818 bits per heavy atom. The molecule has 0 aliphatic carbocycles. The number of aliphatic carboxylic acids is 1. The molecule has 0 saturated heterocycles. The summed E-state index contributed by atoms with van der Waals surface area (Å²) in [6.45, 7) is 1.70. The first kappa shape index (κ1) is 21.4. The van der Waals surface area contributed by atoms with Crippen LogP contribution in [0.25, 0.3) is 0 Å². The van der Waals surface area contributed by atoms with Crippen LogP contribution in [0.2, 0.25) is 0 Å². The van der Waals surface area contributed by atoms with Gasteiger partial charge < -0.3 is 5.11 Å². The summed E-state index contributed by atoms with van der Waals surface area (Å²) in [5, 5.41) is 8.42. The number of nitrogens with one attached hydrogen (secondary N) is 1. The van der Waals surface area contributed by atoms with E-state index in [-0.39, 0.29) is 5.75 Å². The smallest absolute Gasteiger partial charge is 0.318 e. The van der Waals surface area contributed by atoms with Crippen molar-refractivity contribution in [1.29, 1.82) is 0 Å². The summed E-state index contributed by atoms with van der Waals surface area (Å²) < 4.78 is 25.0. The molecule has 6 heteroatoms. The Kier molecular flexibility index (Phi) is 13.6. The lowest BCUT2D eigenvalue weighted by Gasteiger charge is -2.05. The molecule has 0 aromatic rings. The highest BCUT2D eigenvalue weighted by Gasteiger charge is 2.10. The van der Waals surface area contributed by atoms with Crippen LogP contribution in [0.15, 0.2) is 0 Å². The second kappa shape index (κ2) is 14.0. The van der Waals surface area contributed by atoms with E-state index in [1.54, 1.807) is 0 Å². The van der Waals surface area contributed by atoms with Gasteiger partial charge >= 0.3 is 5.97 Å². The lowest BCUT2D eigenvalue weighted by atomic mass is 10.1. The highest BCUT2D eigenvalue weighted by molar-refractivity contribution is 7.89. The van der Waals surface area contributed by atoms with E-state index in [4.69, 9.17) is 5.11 Å². The molecular weight excluding hydrogens is 302 g/mol. The minimum atomic E-state index is -3.42. The third-order valence-corrected chi connectivity index (χ3v) is 5.12. The number of hydrogen-bond donors (Lipinski definition) is 2. The van der Waals surface area contributed by atoms with Gasteiger partial charge in [0.1, 0.15) is 6.54 Å². The molecule has 0 radical (unpaired) electrons. The molecule has 2 N–H and O–H groups in total. The van der Waals surface area contributed by atoms with Crippen LogP contribution in [0.3, 0.4) is 0 Å². The number of carbonyl (C=O) groups is 1. The summed E-state index contributed by atoms with van der Waals surface area (Å²) in [6, 6.07) is 0. The molecule has 0 aliphatic rings. The molecule has 0 aromatic carbocycles. The summed E-state index contributed by atoms with van der Waals surface area (Å²) in [6.07, 6.45) is 14.3. The van der Waals surface area contributed by atoms with Crippen LogP contribution < -0.4 is 4.72 Å². The fourth-order valence-corrected chi connectivity index (χ4v) is 3.45. The van der Waals surface area contributed by atoms with Crippen molar-refractivity contribution in [2.24, 2.45) is 0 Å². The summed E-state index contributed by atoms with van der Waals surface area (Å²) in [5.41, 5.74) is 0. The van der Waals surface area contributed by atoms with Gasteiger partial charge in [-0.1, -0.05) is 77.6 Å². The van der Waals surface area contributed by atoms with E-state index in [0.717, 1.165) is 19.3 Å². The van der Waals surface area contributed by atoms with E-state index in [9.17, 15) is 13.2 Å². The first-order valence-corrected chi connectivity index (χ1v) is 10.3. The molecule has 132 valence electrons. The number of carboxylic acids is 1. The van der Waals surface area contributed by atoms with Gasteiger partial charge in [0.15, 0.2) is 0 Å². The number of sulfonamides is 1. The third kappa shape index (κ3) is 15.8. The molecule has 0 saturated carbocycles. The standard InChI is InChI=1S/C16H33NO4S/c1-2-3-4-5-6-7-8-9-10-11-12-13-14-22(20,21)17-15-16(18)19/h17H,2-15H2,1H3,(H,18,19). The predicted molar refractivity (Wildman–Crippen MR) is 90.5 cm³/mol. The molecule has 22 heavy (non-hydrogen) atoms. The van der Waals surface area contributed by atoms with Crippen molar-refractivity contribution in [3.8, 4) is 0 Å². The molecule has 0 fully saturated rings. The Labute approximate surface area is 135 Å². The van der Waals surface area contributed by atoms with Crippen LogP contribution in [0.1, 0.15) is 84.0 Å². The van der Waals surface area contributed by atoms with Gasteiger partial charge in [-0.25, -0.2) is 13.1 Å². The molecule has 0 aliphatic heterocycles. The van der Waals surface area contributed by atoms with Crippen molar-refractivity contribution in [3.05, 3.63) is 0 Å². The topological polar surface area (TPSA) is 83.5 Å². The van der Waals surface area contributed by atoms with Crippen LogP contribution in [0.5, 0.6) is 0 Å². The molecule has 0 unspecified atom stereocenters. The maximum atomic E-state index is 11.4. The normalized spacial score (nSPS) is 11.7. The lowest BCUT2D eigenvalue weighted by Crippen LogP contribution is -2.31. The van der Waals surface area contributed by atoms with Crippen molar-refractivity contribution in [2.45, 2.75) is 84.0 Å². The fraction of sp³-hybridized carbons (Fsp3) is 0.938. The van der Waals surface area contributed by atoms with E-state index in [1.807, 2.05) is 0 Å². The SMILES string of the molecule is CCCCCCCCCCCCCCS(=O)(=O)NCC(=O)O. The van der Waals surface area contributed by atoms with Gasteiger partial charge in [0.2, 0.25) is 10.0 Å². The van der Waals surface area contributed by atoms with Crippen molar-refractivity contribution >= 4 is 16.0 Å². The highest BCUT2D eigenvalue weighted by atomic mass is 32.2. The average molecular weight is 336 g/mol. The summed E-state index contributed by atoms with van der Waals surface area (Å²) >= 11 is 0. The zero-order valence-corrected chi connectivity index (χ0v) is 14.8. The Hall–Kier alpha value is -0.620. The van der Waals surface area contributed by atoms with Gasteiger partial charge in [-0.15, -0.1) is 0 Å². The zero-order valence-electron chi connectivity index (χ0n) is 14.0. The second-order valence-corrected chi connectivity index (χ2v) is 7.85. The van der Waals surface area contributed by atoms with Gasteiger partial charge in [0.05, 0.1) is 5.75 Å². The van der Waals surface area contributed by atoms with Crippen molar-refractivity contribution in [3.63, 3.8) is 0 Å². The van der Waals surface area contributed by atoms with Crippen LogP contribution in [-0.4, -0.2) is 31.8 Å². The van der Waals surface area contributed by atoms with Crippen LogP contribution in [0.4, 0.5) is 0 Å². The van der Waals surface area contributed by atoms with Gasteiger partial charge in [-0.2, -0.15) is 0 Å². The Bertz CT molecular complexity index is 368. The van der Waals surface area contributed by atoms with E-state index >= 15 is 0 Å². The summed E-state index contributed by atoms with van der Waals surface area (Å²) in [5.74, 6) is -1.13. The molecule has 0 amide bonds. The van der Waals surface area contributed by atoms with E-state index < -0.39 is 22.5 Å². The minimum absolute atomic E-state index is 0.0255. The number of unbranched alkanes of at least 4 members (excludes halogenated alkanes) is 11. The van der Waals surface area contributed by atoms with E-state index in [2.05, 4.69) is 11.6 Å². The third-order valence-electron chi connectivity index (χ3n) is 3.71. The van der Waals surface area contributed by atoms with Crippen LogP contribution in [0, 0.1) is 0 Å². The van der Waals surface area contributed by atoms with E-state index in [1.165, 1.54) is 51.4 Å². The Balaban J connectivity index is 3.31. The molecule has 0 aromatic heterocycles. The van der Waals surface area contributed by atoms with Gasteiger partial charge in [-0.3, -0.25) is 4.79 Å². The van der Waals surface area contributed by atoms with Crippen LogP contribution in [-0.2, 0) is 14.8 Å². The molecule has 0 atom stereocenters. The molecular formula is C16H33NO4S. The largest absolute Gasteiger partial charge is 0.480 e. The van der Waals surface area contributed by atoms with Gasteiger partial charge in [0, 0.05) is 0 Å². The van der Waals surface area contributed by atoms with Gasteiger partial charge in [-0.05, 0) is 6.42 Å². The maximum absolute atomic E-state index is 11.4. The Morgan fingerprint density at radius 2 is 1.23 bits per heavy atom. The average Bonchev–Trinajstić information content (AvgIpc) is 2.46. The monoisotopic (exact) mass is 335 g/mol. The Morgan fingerprint density at radius 3 is 1.64 bits per heavy atom. The van der Waals surface area contributed by atoms with Gasteiger partial charge in [0.25, 0.3) is 0 Å². The van der Waals surface area contributed by atoms with Crippen LogP contribution >= 0.6 is 0 Å². The zero-order chi connectivity index (χ0) is 16.7. The minimum Gasteiger partial charge on any atom is -0.480 e. The number of rotatable bonds is 16. The number of carboxylic acid groups (broad SMARTS) is 1. The number of hydrogen-bond acceptors (Lipinski definition) is 3. The fourth-order valence-electron chi connectivity index (χ4n) is 2.38. The first-order chi connectivity index (χ1) is 10.5. The molecule has 0 rings (SSSR count). The lowest BCUT2D eigenvalue weighted by molar-refractivity contribution is -0.135. The first-order valence-electron chi connectivity index (χ1n) is 8.67. The molecule has 0 heterocycles. The van der Waals surface area contributed by atoms with Crippen molar-refractivity contribution in [2.75, 3.05) is 12.3 Å². The summed E-state index contributed by atoms with van der Waals surface area (Å²) in [4.78, 5) is 10.3. The molecule has 5 nitrogen and oxygen atoms in total. The molecule has 0 bridgehead atoms. The van der Waals surface area contributed by atoms with Crippen molar-refractivity contribution < 1.29 is 18.3 Å². The molecule has 0 spiro atoms. The quantitative estimate of drug-likeness (QED) is 0.421.